The number of aryl methyl sites for hydroxylation is 2. The van der Waals surface area contributed by atoms with Gasteiger partial charge in [-0.2, -0.15) is 0 Å². The van der Waals surface area contributed by atoms with Gasteiger partial charge in [0.05, 0.1) is 18.7 Å². The lowest BCUT2D eigenvalue weighted by molar-refractivity contribution is -0.124. The molecule has 0 unspecified atom stereocenters. The quantitative estimate of drug-likeness (QED) is 0.752. The zero-order valence-electron chi connectivity index (χ0n) is 17.0. The summed E-state index contributed by atoms with van der Waals surface area (Å²) in [6, 6.07) is 8.85. The maximum Gasteiger partial charge on any atom is 0.338 e. The molecule has 0 bridgehead atoms. The first-order valence-corrected chi connectivity index (χ1v) is 9.40. The van der Waals surface area contributed by atoms with E-state index >= 15 is 0 Å². The van der Waals surface area contributed by atoms with Crippen LogP contribution in [0.4, 0.5) is 0 Å². The van der Waals surface area contributed by atoms with Crippen LogP contribution in [0.5, 0.6) is 17.2 Å². The Hall–Kier alpha value is -3.22. The Labute approximate surface area is 169 Å². The van der Waals surface area contributed by atoms with Crippen molar-refractivity contribution in [3.05, 3.63) is 52.6 Å². The van der Waals surface area contributed by atoms with E-state index in [0.29, 0.717) is 30.5 Å². The Bertz CT molecular complexity index is 907. The molecule has 7 nitrogen and oxygen atoms in total. The van der Waals surface area contributed by atoms with Crippen molar-refractivity contribution in [3.8, 4) is 17.2 Å². The number of fused-ring (bicyclic) bond motifs is 1. The van der Waals surface area contributed by atoms with Gasteiger partial charge in [-0.3, -0.25) is 4.79 Å². The second-order valence-electron chi connectivity index (χ2n) is 6.91. The van der Waals surface area contributed by atoms with Gasteiger partial charge in [0.25, 0.3) is 5.91 Å². The molecule has 154 valence electrons. The summed E-state index contributed by atoms with van der Waals surface area (Å²) in [5.41, 5.74) is 3.56. The highest BCUT2D eigenvalue weighted by Crippen LogP contribution is 2.40. The first-order chi connectivity index (χ1) is 13.9. The fourth-order valence-electron chi connectivity index (χ4n) is 3.01. The maximum absolute atomic E-state index is 12.4. The van der Waals surface area contributed by atoms with Gasteiger partial charge >= 0.3 is 5.97 Å². The molecule has 0 radical (unpaired) electrons. The van der Waals surface area contributed by atoms with E-state index in [9.17, 15) is 9.59 Å². The summed E-state index contributed by atoms with van der Waals surface area (Å²) in [4.78, 5) is 24.6. The number of amides is 1. The number of carbonyl (C=O) groups is 2. The van der Waals surface area contributed by atoms with Crippen LogP contribution in [0.2, 0.25) is 0 Å². The Morgan fingerprint density at radius 3 is 2.59 bits per heavy atom. The van der Waals surface area contributed by atoms with E-state index in [1.165, 1.54) is 24.8 Å². The molecule has 0 aromatic heterocycles. The highest BCUT2D eigenvalue weighted by Gasteiger charge is 2.22. The SMILES string of the molecule is COc1cc(C(=O)OCC(=O)N[C@@H](C)c2ccc(C)c(C)c2)cc2c1OCCO2. The summed E-state index contributed by atoms with van der Waals surface area (Å²) >= 11 is 0. The summed E-state index contributed by atoms with van der Waals surface area (Å²) in [6.07, 6.45) is 0. The van der Waals surface area contributed by atoms with Crippen LogP contribution in [0.3, 0.4) is 0 Å². The molecule has 0 aliphatic carbocycles. The maximum atomic E-state index is 12.4. The summed E-state index contributed by atoms with van der Waals surface area (Å²) < 4.78 is 21.4. The summed E-state index contributed by atoms with van der Waals surface area (Å²) in [6.45, 7) is 6.35. The van der Waals surface area contributed by atoms with Gasteiger partial charge in [0.2, 0.25) is 5.75 Å². The van der Waals surface area contributed by atoms with Crippen LogP contribution in [-0.4, -0.2) is 38.8 Å². The minimum Gasteiger partial charge on any atom is -0.493 e. The molecule has 0 saturated heterocycles. The summed E-state index contributed by atoms with van der Waals surface area (Å²) in [5, 5.41) is 2.84. The first-order valence-electron chi connectivity index (χ1n) is 9.40. The fourth-order valence-corrected chi connectivity index (χ4v) is 3.01. The highest BCUT2D eigenvalue weighted by molar-refractivity contribution is 5.93. The van der Waals surface area contributed by atoms with E-state index in [1.54, 1.807) is 0 Å². The highest BCUT2D eigenvalue weighted by atomic mass is 16.6. The van der Waals surface area contributed by atoms with Gasteiger partial charge in [-0.1, -0.05) is 18.2 Å². The van der Waals surface area contributed by atoms with Gasteiger partial charge < -0.3 is 24.3 Å². The van der Waals surface area contributed by atoms with E-state index in [-0.39, 0.29) is 24.1 Å². The third kappa shape index (κ3) is 4.80. The number of methoxy groups -OCH3 is 1. The lowest BCUT2D eigenvalue weighted by Crippen LogP contribution is -2.31. The molecule has 0 saturated carbocycles. The Balaban J connectivity index is 1.60. The Morgan fingerprint density at radius 1 is 1.10 bits per heavy atom. The molecule has 1 aliphatic heterocycles. The number of carbonyl (C=O) groups excluding carboxylic acids is 2. The first kappa shape index (κ1) is 20.5. The zero-order chi connectivity index (χ0) is 21.0. The molecule has 2 aromatic rings. The summed E-state index contributed by atoms with van der Waals surface area (Å²) in [7, 11) is 1.48. The van der Waals surface area contributed by atoms with E-state index < -0.39 is 5.97 Å². The number of rotatable bonds is 6. The number of hydrogen-bond donors (Lipinski definition) is 1. The monoisotopic (exact) mass is 399 g/mol. The third-order valence-electron chi connectivity index (χ3n) is 4.81. The van der Waals surface area contributed by atoms with Gasteiger partial charge in [0.1, 0.15) is 13.2 Å². The van der Waals surface area contributed by atoms with Crippen molar-refractivity contribution < 1.29 is 28.5 Å². The van der Waals surface area contributed by atoms with Crippen LogP contribution < -0.4 is 19.5 Å². The molecule has 0 fully saturated rings. The molecule has 1 N–H and O–H groups in total. The van der Waals surface area contributed by atoms with E-state index in [1.807, 2.05) is 39.0 Å². The topological polar surface area (TPSA) is 83.1 Å². The molecule has 1 amide bonds. The van der Waals surface area contributed by atoms with E-state index in [0.717, 1.165) is 11.1 Å². The Kier molecular flexibility index (Phi) is 6.26. The average Bonchev–Trinajstić information content (AvgIpc) is 2.72. The van der Waals surface area contributed by atoms with Crippen molar-refractivity contribution in [2.24, 2.45) is 0 Å². The van der Waals surface area contributed by atoms with Crippen molar-refractivity contribution >= 4 is 11.9 Å². The van der Waals surface area contributed by atoms with Crippen LogP contribution in [0.15, 0.2) is 30.3 Å². The number of benzene rings is 2. The number of esters is 1. The fraction of sp³-hybridized carbons (Fsp3) is 0.364. The number of nitrogens with one attached hydrogen (secondary N) is 1. The molecular formula is C22H25NO6. The number of ether oxygens (including phenoxy) is 4. The standard InChI is InChI=1S/C22H25NO6/c1-13-5-6-16(9-14(13)2)15(3)23-20(24)12-29-22(25)17-10-18(26-4)21-19(11-17)27-7-8-28-21/h5-6,9-11,15H,7-8,12H2,1-4H3,(H,23,24)/t15-/m0/s1. The molecular weight excluding hydrogens is 374 g/mol. The lowest BCUT2D eigenvalue weighted by atomic mass is 10.0. The van der Waals surface area contributed by atoms with E-state index in [2.05, 4.69) is 5.32 Å². The minimum absolute atomic E-state index is 0.199. The van der Waals surface area contributed by atoms with Crippen LogP contribution in [0.25, 0.3) is 0 Å². The minimum atomic E-state index is -0.644. The number of hydrogen-bond acceptors (Lipinski definition) is 6. The van der Waals surface area contributed by atoms with Gasteiger partial charge in [0, 0.05) is 0 Å². The van der Waals surface area contributed by atoms with Crippen molar-refractivity contribution in [1.82, 2.24) is 5.32 Å². The second kappa shape index (κ2) is 8.86. The molecule has 7 heteroatoms. The van der Waals surface area contributed by atoms with Gasteiger partial charge in [-0.15, -0.1) is 0 Å². The third-order valence-corrected chi connectivity index (χ3v) is 4.81. The molecule has 3 rings (SSSR count). The van der Waals surface area contributed by atoms with Crippen LogP contribution >= 0.6 is 0 Å². The average molecular weight is 399 g/mol. The molecule has 0 spiro atoms. The van der Waals surface area contributed by atoms with Gasteiger partial charge in [-0.25, -0.2) is 4.79 Å². The van der Waals surface area contributed by atoms with Crippen molar-refractivity contribution in [2.45, 2.75) is 26.8 Å². The van der Waals surface area contributed by atoms with Crippen LogP contribution in [0, 0.1) is 13.8 Å². The smallest absolute Gasteiger partial charge is 0.338 e. The largest absolute Gasteiger partial charge is 0.493 e. The molecule has 1 heterocycles. The molecule has 1 atom stereocenters. The normalized spacial score (nSPS) is 13.4. The van der Waals surface area contributed by atoms with Gasteiger partial charge in [0.15, 0.2) is 18.1 Å². The second-order valence-corrected chi connectivity index (χ2v) is 6.91. The lowest BCUT2D eigenvalue weighted by Gasteiger charge is -2.21. The van der Waals surface area contributed by atoms with Crippen molar-refractivity contribution in [1.29, 1.82) is 0 Å². The van der Waals surface area contributed by atoms with E-state index in [4.69, 9.17) is 18.9 Å². The van der Waals surface area contributed by atoms with Crippen LogP contribution in [0.1, 0.15) is 40.0 Å². The van der Waals surface area contributed by atoms with Crippen molar-refractivity contribution in [2.75, 3.05) is 26.9 Å². The zero-order valence-corrected chi connectivity index (χ0v) is 17.0. The summed E-state index contributed by atoms with van der Waals surface area (Å²) in [5.74, 6) is 0.218. The van der Waals surface area contributed by atoms with Gasteiger partial charge in [-0.05, 0) is 49.6 Å². The molecule has 1 aliphatic rings. The van der Waals surface area contributed by atoms with Crippen molar-refractivity contribution in [3.63, 3.8) is 0 Å². The van der Waals surface area contributed by atoms with Crippen LogP contribution in [-0.2, 0) is 9.53 Å². The predicted octanol–water partition coefficient (Wildman–Crippen LogP) is 3.12. The Morgan fingerprint density at radius 2 is 1.86 bits per heavy atom. The molecule has 29 heavy (non-hydrogen) atoms. The molecule has 2 aromatic carbocycles. The predicted molar refractivity (Wildman–Crippen MR) is 107 cm³/mol.